The standard InChI is InChI=1S/C12H16FN3O3S/c1-15-5-2-6-16(8-12(15)17)20(18,19)11-4-3-9(13)7-10(11)14/h3-4,7H,2,5-6,8,14H2,1H3. The zero-order chi connectivity index (χ0) is 14.9. The Morgan fingerprint density at radius 2 is 2.00 bits per heavy atom. The van der Waals surface area contributed by atoms with E-state index in [0.29, 0.717) is 13.0 Å². The molecule has 1 aromatic carbocycles. The number of nitrogen functional groups attached to an aromatic ring is 1. The maximum Gasteiger partial charge on any atom is 0.245 e. The monoisotopic (exact) mass is 301 g/mol. The van der Waals surface area contributed by atoms with Gasteiger partial charge >= 0.3 is 0 Å². The first-order chi connectivity index (χ1) is 9.32. The molecule has 1 fully saturated rings. The molecule has 0 aromatic heterocycles. The summed E-state index contributed by atoms with van der Waals surface area (Å²) in [4.78, 5) is 13.1. The van der Waals surface area contributed by atoms with Gasteiger partial charge in [-0.1, -0.05) is 0 Å². The number of halogens is 1. The first-order valence-electron chi connectivity index (χ1n) is 6.11. The molecule has 1 saturated heterocycles. The molecule has 6 nitrogen and oxygen atoms in total. The molecular weight excluding hydrogens is 285 g/mol. The molecule has 20 heavy (non-hydrogen) atoms. The van der Waals surface area contributed by atoms with Gasteiger partial charge in [-0.25, -0.2) is 12.8 Å². The molecule has 110 valence electrons. The molecule has 1 heterocycles. The Morgan fingerprint density at radius 1 is 1.30 bits per heavy atom. The molecule has 1 aromatic rings. The van der Waals surface area contributed by atoms with Gasteiger partial charge in [-0.15, -0.1) is 0 Å². The molecule has 1 aliphatic heterocycles. The fourth-order valence-electron chi connectivity index (χ4n) is 2.06. The summed E-state index contributed by atoms with van der Waals surface area (Å²) in [6.45, 7) is 0.509. The zero-order valence-corrected chi connectivity index (χ0v) is 11.9. The first-order valence-corrected chi connectivity index (χ1v) is 7.55. The van der Waals surface area contributed by atoms with Crippen molar-refractivity contribution in [1.82, 2.24) is 9.21 Å². The maximum absolute atomic E-state index is 13.0. The summed E-state index contributed by atoms with van der Waals surface area (Å²) in [5, 5.41) is 0. The Morgan fingerprint density at radius 3 is 2.65 bits per heavy atom. The summed E-state index contributed by atoms with van der Waals surface area (Å²) in [6, 6.07) is 3.12. The third-order valence-corrected chi connectivity index (χ3v) is 5.15. The van der Waals surface area contributed by atoms with Crippen LogP contribution in [-0.2, 0) is 14.8 Å². The van der Waals surface area contributed by atoms with E-state index in [4.69, 9.17) is 5.73 Å². The Bertz CT molecular complexity index is 633. The van der Waals surface area contributed by atoms with Gasteiger partial charge in [0.05, 0.1) is 12.2 Å². The van der Waals surface area contributed by atoms with E-state index in [-0.39, 0.29) is 29.6 Å². The van der Waals surface area contributed by atoms with Gasteiger partial charge in [-0.2, -0.15) is 4.31 Å². The third-order valence-electron chi connectivity index (χ3n) is 3.23. The van der Waals surface area contributed by atoms with Crippen LogP contribution in [0.15, 0.2) is 23.1 Å². The van der Waals surface area contributed by atoms with Crippen LogP contribution in [0.25, 0.3) is 0 Å². The molecule has 0 aliphatic carbocycles. The van der Waals surface area contributed by atoms with Gasteiger partial charge < -0.3 is 10.6 Å². The number of hydrogen-bond donors (Lipinski definition) is 1. The van der Waals surface area contributed by atoms with Crippen LogP contribution in [0.4, 0.5) is 10.1 Å². The van der Waals surface area contributed by atoms with Crippen molar-refractivity contribution < 1.29 is 17.6 Å². The van der Waals surface area contributed by atoms with E-state index in [1.165, 1.54) is 4.90 Å². The summed E-state index contributed by atoms with van der Waals surface area (Å²) in [6.07, 6.45) is 0.544. The summed E-state index contributed by atoms with van der Waals surface area (Å²) in [5.41, 5.74) is 5.42. The van der Waals surface area contributed by atoms with E-state index in [1.807, 2.05) is 0 Å². The normalized spacial score (nSPS) is 18.1. The lowest BCUT2D eigenvalue weighted by molar-refractivity contribution is -0.129. The van der Waals surface area contributed by atoms with E-state index in [0.717, 1.165) is 22.5 Å². The summed E-state index contributed by atoms with van der Waals surface area (Å²) in [5.74, 6) is -0.875. The lowest BCUT2D eigenvalue weighted by atomic mass is 10.3. The number of carbonyl (C=O) groups excluding carboxylic acids is 1. The minimum atomic E-state index is -3.89. The highest BCUT2D eigenvalue weighted by Gasteiger charge is 2.31. The predicted octanol–water partition coefficient (Wildman–Crippen LogP) is 0.261. The van der Waals surface area contributed by atoms with Crippen LogP contribution >= 0.6 is 0 Å². The molecule has 1 amide bonds. The van der Waals surface area contributed by atoms with E-state index in [2.05, 4.69) is 0 Å². The smallest absolute Gasteiger partial charge is 0.245 e. The third kappa shape index (κ3) is 2.75. The van der Waals surface area contributed by atoms with E-state index >= 15 is 0 Å². The number of benzene rings is 1. The van der Waals surface area contributed by atoms with Crippen LogP contribution < -0.4 is 5.73 Å². The average molecular weight is 301 g/mol. The van der Waals surface area contributed by atoms with Gasteiger partial charge in [0.15, 0.2) is 0 Å². The van der Waals surface area contributed by atoms with Crippen LogP contribution in [0.5, 0.6) is 0 Å². The fraction of sp³-hybridized carbons (Fsp3) is 0.417. The van der Waals surface area contributed by atoms with Crippen molar-refractivity contribution in [2.75, 3.05) is 32.4 Å². The zero-order valence-electron chi connectivity index (χ0n) is 11.0. The van der Waals surface area contributed by atoms with Gasteiger partial charge in [0, 0.05) is 20.1 Å². The predicted molar refractivity (Wildman–Crippen MR) is 71.8 cm³/mol. The Kier molecular flexibility index (Phi) is 3.96. The number of hydrogen-bond acceptors (Lipinski definition) is 4. The number of likely N-dealkylation sites (N-methyl/N-ethyl adjacent to an activating group) is 1. The van der Waals surface area contributed by atoms with E-state index in [9.17, 15) is 17.6 Å². The van der Waals surface area contributed by atoms with Crippen LogP contribution in [0.2, 0.25) is 0 Å². The summed E-state index contributed by atoms with van der Waals surface area (Å²) in [7, 11) is -2.27. The molecule has 0 unspecified atom stereocenters. The number of anilines is 1. The topological polar surface area (TPSA) is 83.7 Å². The maximum atomic E-state index is 13.0. The minimum Gasteiger partial charge on any atom is -0.398 e. The van der Waals surface area contributed by atoms with Crippen molar-refractivity contribution >= 4 is 21.6 Å². The number of sulfonamides is 1. The van der Waals surface area contributed by atoms with Crippen molar-refractivity contribution in [3.8, 4) is 0 Å². The average Bonchev–Trinajstić information content (AvgIpc) is 2.52. The molecule has 0 radical (unpaired) electrons. The largest absolute Gasteiger partial charge is 0.398 e. The van der Waals surface area contributed by atoms with Crippen molar-refractivity contribution in [3.05, 3.63) is 24.0 Å². The molecule has 8 heteroatoms. The van der Waals surface area contributed by atoms with Gasteiger partial charge in [0.2, 0.25) is 15.9 Å². The van der Waals surface area contributed by atoms with Crippen LogP contribution in [0.3, 0.4) is 0 Å². The van der Waals surface area contributed by atoms with Crippen molar-refractivity contribution in [2.24, 2.45) is 0 Å². The molecule has 0 bridgehead atoms. The molecule has 0 spiro atoms. The highest BCUT2D eigenvalue weighted by Crippen LogP contribution is 2.24. The molecule has 0 atom stereocenters. The van der Waals surface area contributed by atoms with E-state index in [1.54, 1.807) is 7.05 Å². The number of carbonyl (C=O) groups is 1. The second kappa shape index (κ2) is 5.37. The van der Waals surface area contributed by atoms with Crippen molar-refractivity contribution in [1.29, 1.82) is 0 Å². The quantitative estimate of drug-likeness (QED) is 0.794. The van der Waals surface area contributed by atoms with Crippen molar-refractivity contribution in [2.45, 2.75) is 11.3 Å². The Balaban J connectivity index is 2.36. The Hall–Kier alpha value is -1.67. The van der Waals surface area contributed by atoms with E-state index < -0.39 is 15.8 Å². The molecule has 1 aliphatic rings. The molecule has 2 N–H and O–H groups in total. The highest BCUT2D eigenvalue weighted by atomic mass is 32.2. The molecule has 0 saturated carbocycles. The SMILES string of the molecule is CN1CCCN(S(=O)(=O)c2ccc(F)cc2N)CC1=O. The lowest BCUT2D eigenvalue weighted by Crippen LogP contribution is -2.38. The highest BCUT2D eigenvalue weighted by molar-refractivity contribution is 7.89. The minimum absolute atomic E-state index is 0.157. The number of amides is 1. The van der Waals surface area contributed by atoms with Crippen LogP contribution in [0, 0.1) is 5.82 Å². The summed E-state index contributed by atoms with van der Waals surface area (Å²) < 4.78 is 39.0. The second-order valence-corrected chi connectivity index (χ2v) is 6.60. The number of rotatable bonds is 2. The van der Waals surface area contributed by atoms with Gasteiger partial charge in [-0.05, 0) is 24.6 Å². The lowest BCUT2D eigenvalue weighted by Gasteiger charge is -2.20. The van der Waals surface area contributed by atoms with Gasteiger partial charge in [-0.3, -0.25) is 4.79 Å². The van der Waals surface area contributed by atoms with Crippen LogP contribution in [-0.4, -0.2) is 50.2 Å². The number of nitrogens with zero attached hydrogens (tertiary/aromatic N) is 2. The summed E-state index contributed by atoms with van der Waals surface area (Å²) >= 11 is 0. The van der Waals surface area contributed by atoms with Gasteiger partial charge in [0.25, 0.3) is 0 Å². The van der Waals surface area contributed by atoms with Gasteiger partial charge in [0.1, 0.15) is 10.7 Å². The Labute approximate surface area is 117 Å². The molecule has 2 rings (SSSR count). The molecular formula is C12H16FN3O3S. The van der Waals surface area contributed by atoms with Crippen molar-refractivity contribution in [3.63, 3.8) is 0 Å². The number of nitrogens with two attached hydrogens (primary N) is 1. The fourth-order valence-corrected chi connectivity index (χ4v) is 3.58. The van der Waals surface area contributed by atoms with Crippen LogP contribution in [0.1, 0.15) is 6.42 Å². The first kappa shape index (κ1) is 14.7. The second-order valence-electron chi connectivity index (χ2n) is 4.69.